The van der Waals surface area contributed by atoms with Gasteiger partial charge in [-0.05, 0) is 64.8 Å². The van der Waals surface area contributed by atoms with Crippen LogP contribution in [-0.2, 0) is 0 Å². The minimum atomic E-state index is -0.198. The molecule has 0 saturated heterocycles. The molecule has 110 valence electrons. The Kier molecular flexibility index (Phi) is 5.22. The number of hydrogen-bond acceptors (Lipinski definition) is 3. The molecule has 2 aromatic rings. The number of hydrogen-bond donors (Lipinski definition) is 2. The first kappa shape index (κ1) is 15.4. The molecular weight excluding hydrogens is 332 g/mol. The fraction of sp³-hybridized carbons (Fsp3) is 0.188. The lowest BCUT2D eigenvalue weighted by atomic mass is 10.2. The van der Waals surface area contributed by atoms with Crippen LogP contribution >= 0.6 is 15.9 Å². The lowest BCUT2D eigenvalue weighted by molar-refractivity contribution is 0.102. The van der Waals surface area contributed by atoms with Crippen LogP contribution in [0.25, 0.3) is 0 Å². The predicted molar refractivity (Wildman–Crippen MR) is 88.7 cm³/mol. The van der Waals surface area contributed by atoms with Crippen molar-refractivity contribution >= 4 is 33.2 Å². The van der Waals surface area contributed by atoms with Crippen LogP contribution in [-0.4, -0.2) is 12.5 Å². The minimum absolute atomic E-state index is 0.198. The second kappa shape index (κ2) is 7.13. The van der Waals surface area contributed by atoms with Gasteiger partial charge < -0.3 is 15.8 Å². The van der Waals surface area contributed by atoms with Gasteiger partial charge in [0.25, 0.3) is 5.91 Å². The molecule has 5 heteroatoms. The number of anilines is 2. The van der Waals surface area contributed by atoms with E-state index in [0.717, 1.165) is 16.6 Å². The van der Waals surface area contributed by atoms with Crippen molar-refractivity contribution in [2.45, 2.75) is 13.3 Å². The third kappa shape index (κ3) is 4.23. The molecule has 2 aromatic carbocycles. The van der Waals surface area contributed by atoms with E-state index < -0.39 is 0 Å². The van der Waals surface area contributed by atoms with Gasteiger partial charge in [0.05, 0.1) is 6.61 Å². The highest BCUT2D eigenvalue weighted by Crippen LogP contribution is 2.21. The van der Waals surface area contributed by atoms with Gasteiger partial charge in [-0.3, -0.25) is 4.79 Å². The minimum Gasteiger partial charge on any atom is -0.494 e. The highest BCUT2D eigenvalue weighted by atomic mass is 79.9. The van der Waals surface area contributed by atoms with Gasteiger partial charge in [0, 0.05) is 21.4 Å². The molecule has 0 fully saturated rings. The summed E-state index contributed by atoms with van der Waals surface area (Å²) in [5.74, 6) is 0.596. The van der Waals surface area contributed by atoms with Gasteiger partial charge >= 0.3 is 0 Å². The first-order chi connectivity index (χ1) is 10.1. The van der Waals surface area contributed by atoms with Crippen LogP contribution in [0.2, 0.25) is 0 Å². The average Bonchev–Trinajstić information content (AvgIpc) is 2.49. The molecule has 21 heavy (non-hydrogen) atoms. The Balaban J connectivity index is 2.03. The Morgan fingerprint density at radius 2 is 1.95 bits per heavy atom. The van der Waals surface area contributed by atoms with Crippen LogP contribution in [0.3, 0.4) is 0 Å². The van der Waals surface area contributed by atoms with Crippen LogP contribution in [0, 0.1) is 0 Å². The van der Waals surface area contributed by atoms with Crippen LogP contribution in [0.1, 0.15) is 23.7 Å². The SMILES string of the molecule is CCCOc1ccc(NC(=O)c2ccc(Br)c(N)c2)cc1. The highest BCUT2D eigenvalue weighted by molar-refractivity contribution is 9.10. The molecule has 0 unspecified atom stereocenters. The standard InChI is InChI=1S/C16H17BrN2O2/c1-2-9-21-13-6-4-12(5-7-13)19-16(20)11-3-8-14(17)15(18)10-11/h3-8,10H,2,9,18H2,1H3,(H,19,20). The van der Waals surface area contributed by atoms with Crippen molar-refractivity contribution < 1.29 is 9.53 Å². The number of halogens is 1. The summed E-state index contributed by atoms with van der Waals surface area (Å²) in [6.07, 6.45) is 0.962. The number of amides is 1. The summed E-state index contributed by atoms with van der Waals surface area (Å²) in [5.41, 5.74) is 7.54. The van der Waals surface area contributed by atoms with E-state index in [1.807, 2.05) is 24.3 Å². The topological polar surface area (TPSA) is 64.3 Å². The molecule has 0 heterocycles. The van der Waals surface area contributed by atoms with Crippen molar-refractivity contribution in [1.29, 1.82) is 0 Å². The van der Waals surface area contributed by atoms with Crippen molar-refractivity contribution in [2.24, 2.45) is 0 Å². The number of carbonyl (C=O) groups is 1. The second-order valence-corrected chi connectivity index (χ2v) is 5.42. The van der Waals surface area contributed by atoms with E-state index in [1.54, 1.807) is 18.2 Å². The van der Waals surface area contributed by atoms with E-state index in [4.69, 9.17) is 10.5 Å². The molecule has 0 atom stereocenters. The number of nitrogen functional groups attached to an aromatic ring is 1. The van der Waals surface area contributed by atoms with Crippen LogP contribution in [0.5, 0.6) is 5.75 Å². The third-order valence-electron chi connectivity index (χ3n) is 2.84. The normalized spacial score (nSPS) is 10.2. The Hall–Kier alpha value is -2.01. The molecule has 4 nitrogen and oxygen atoms in total. The van der Waals surface area contributed by atoms with E-state index in [1.165, 1.54) is 0 Å². The van der Waals surface area contributed by atoms with Crippen molar-refractivity contribution in [2.75, 3.05) is 17.7 Å². The number of nitrogens with two attached hydrogens (primary N) is 1. The van der Waals surface area contributed by atoms with Crippen LogP contribution in [0.4, 0.5) is 11.4 Å². The first-order valence-electron chi connectivity index (χ1n) is 6.69. The number of nitrogens with one attached hydrogen (secondary N) is 1. The zero-order chi connectivity index (χ0) is 15.2. The van der Waals surface area contributed by atoms with E-state index >= 15 is 0 Å². The fourth-order valence-corrected chi connectivity index (χ4v) is 1.99. The molecule has 0 aromatic heterocycles. The van der Waals surface area contributed by atoms with Gasteiger partial charge in [0.2, 0.25) is 0 Å². The van der Waals surface area contributed by atoms with E-state index in [9.17, 15) is 4.79 Å². The van der Waals surface area contributed by atoms with Gasteiger partial charge in [-0.15, -0.1) is 0 Å². The summed E-state index contributed by atoms with van der Waals surface area (Å²) in [6.45, 7) is 2.74. The maximum atomic E-state index is 12.1. The van der Waals surface area contributed by atoms with Crippen molar-refractivity contribution in [3.8, 4) is 5.75 Å². The summed E-state index contributed by atoms with van der Waals surface area (Å²) in [5, 5.41) is 2.82. The molecule has 2 rings (SSSR count). The summed E-state index contributed by atoms with van der Waals surface area (Å²) >= 11 is 3.30. The number of rotatable bonds is 5. The maximum absolute atomic E-state index is 12.1. The number of benzene rings is 2. The summed E-state index contributed by atoms with van der Waals surface area (Å²) in [7, 11) is 0. The Morgan fingerprint density at radius 1 is 1.24 bits per heavy atom. The first-order valence-corrected chi connectivity index (χ1v) is 7.48. The van der Waals surface area contributed by atoms with Crippen LogP contribution < -0.4 is 15.8 Å². The summed E-state index contributed by atoms with van der Waals surface area (Å²) in [4.78, 5) is 12.1. The van der Waals surface area contributed by atoms with Gasteiger partial charge in [-0.25, -0.2) is 0 Å². The highest BCUT2D eigenvalue weighted by Gasteiger charge is 2.08. The molecular formula is C16H17BrN2O2. The van der Waals surface area contributed by atoms with Gasteiger partial charge in [-0.1, -0.05) is 6.92 Å². The average molecular weight is 349 g/mol. The van der Waals surface area contributed by atoms with Gasteiger partial charge in [0.15, 0.2) is 0 Å². The predicted octanol–water partition coefficient (Wildman–Crippen LogP) is 4.07. The second-order valence-electron chi connectivity index (χ2n) is 4.56. The Labute approximate surface area is 132 Å². The lowest BCUT2D eigenvalue weighted by Crippen LogP contribution is -2.12. The molecule has 3 N–H and O–H groups in total. The zero-order valence-electron chi connectivity index (χ0n) is 11.7. The third-order valence-corrected chi connectivity index (χ3v) is 3.57. The number of carbonyl (C=O) groups excluding carboxylic acids is 1. The molecule has 0 aliphatic rings. The van der Waals surface area contributed by atoms with Crippen molar-refractivity contribution in [1.82, 2.24) is 0 Å². The molecule has 0 spiro atoms. The summed E-state index contributed by atoms with van der Waals surface area (Å²) < 4.78 is 6.27. The van der Waals surface area contributed by atoms with E-state index in [0.29, 0.717) is 23.5 Å². The quantitative estimate of drug-likeness (QED) is 0.800. The van der Waals surface area contributed by atoms with E-state index in [-0.39, 0.29) is 5.91 Å². The van der Waals surface area contributed by atoms with Crippen LogP contribution in [0.15, 0.2) is 46.9 Å². The molecule has 0 aliphatic carbocycles. The lowest BCUT2D eigenvalue weighted by Gasteiger charge is -2.08. The zero-order valence-corrected chi connectivity index (χ0v) is 13.3. The van der Waals surface area contributed by atoms with Gasteiger partial charge in [-0.2, -0.15) is 0 Å². The molecule has 1 amide bonds. The molecule has 0 saturated carbocycles. The Morgan fingerprint density at radius 3 is 2.57 bits per heavy atom. The largest absolute Gasteiger partial charge is 0.494 e. The monoisotopic (exact) mass is 348 g/mol. The molecule has 0 bridgehead atoms. The van der Waals surface area contributed by atoms with Crippen molar-refractivity contribution in [3.63, 3.8) is 0 Å². The van der Waals surface area contributed by atoms with E-state index in [2.05, 4.69) is 28.2 Å². The molecule has 0 radical (unpaired) electrons. The summed E-state index contributed by atoms with van der Waals surface area (Å²) in [6, 6.07) is 12.4. The Bertz CT molecular complexity index is 627. The fourth-order valence-electron chi connectivity index (χ4n) is 1.74. The maximum Gasteiger partial charge on any atom is 0.255 e. The number of ether oxygens (including phenoxy) is 1. The molecule has 0 aliphatic heterocycles. The van der Waals surface area contributed by atoms with Gasteiger partial charge in [0.1, 0.15) is 5.75 Å². The smallest absolute Gasteiger partial charge is 0.255 e. The van der Waals surface area contributed by atoms with Crippen molar-refractivity contribution in [3.05, 3.63) is 52.5 Å².